The lowest BCUT2D eigenvalue weighted by atomic mass is 9.90. The fourth-order valence-corrected chi connectivity index (χ4v) is 4.20. The molecule has 1 fully saturated rings. The summed E-state index contributed by atoms with van der Waals surface area (Å²) in [6.45, 7) is 5.02. The van der Waals surface area contributed by atoms with Crippen LogP contribution in [0.4, 0.5) is 10.5 Å². The Kier molecular flexibility index (Phi) is 7.22. The highest BCUT2D eigenvalue weighted by atomic mass is 35.5. The van der Waals surface area contributed by atoms with Gasteiger partial charge in [-0.25, -0.2) is 4.79 Å². The maximum absolute atomic E-state index is 11.7. The lowest BCUT2D eigenvalue weighted by Crippen LogP contribution is -2.34. The Hall–Kier alpha value is -1.75. The normalized spacial score (nSPS) is 15.4. The van der Waals surface area contributed by atoms with Crippen molar-refractivity contribution in [3.05, 3.63) is 63.1 Å². The molecule has 0 unspecified atom stereocenters. The van der Waals surface area contributed by atoms with Crippen LogP contribution in [0, 0.1) is 12.8 Å². The summed E-state index contributed by atoms with van der Waals surface area (Å²) in [7, 11) is 1.63. The molecule has 0 aliphatic carbocycles. The van der Waals surface area contributed by atoms with Gasteiger partial charge in [-0.1, -0.05) is 47.5 Å². The van der Waals surface area contributed by atoms with Gasteiger partial charge in [0.2, 0.25) is 0 Å². The second-order valence-corrected chi connectivity index (χ2v) is 8.23. The van der Waals surface area contributed by atoms with Crippen molar-refractivity contribution in [2.75, 3.05) is 25.5 Å². The number of piperidine rings is 1. The van der Waals surface area contributed by atoms with E-state index in [1.807, 2.05) is 24.3 Å². The van der Waals surface area contributed by atoms with Crippen molar-refractivity contribution in [1.82, 2.24) is 10.2 Å². The number of carbonyl (C=O) groups is 1. The average molecular weight is 420 g/mol. The molecule has 2 aromatic rings. The number of rotatable bonds is 5. The van der Waals surface area contributed by atoms with Crippen LogP contribution < -0.4 is 10.6 Å². The molecule has 0 atom stereocenters. The number of nitrogens with zero attached hydrogens (tertiary/aromatic N) is 1. The fraction of sp³-hybridized carbons (Fsp3) is 0.409. The summed E-state index contributed by atoms with van der Waals surface area (Å²) in [5, 5.41) is 6.88. The van der Waals surface area contributed by atoms with E-state index in [2.05, 4.69) is 34.6 Å². The predicted octanol–water partition coefficient (Wildman–Crippen LogP) is 5.51. The highest BCUT2D eigenvalue weighted by Crippen LogP contribution is 2.31. The van der Waals surface area contributed by atoms with Crippen molar-refractivity contribution < 1.29 is 4.79 Å². The zero-order valence-electron chi connectivity index (χ0n) is 16.4. The first-order chi connectivity index (χ1) is 13.5. The monoisotopic (exact) mass is 419 g/mol. The second-order valence-electron chi connectivity index (χ2n) is 7.44. The molecule has 0 spiro atoms. The van der Waals surface area contributed by atoms with Gasteiger partial charge >= 0.3 is 6.03 Å². The van der Waals surface area contributed by atoms with Crippen LogP contribution in [-0.4, -0.2) is 31.1 Å². The molecule has 3 rings (SSSR count). The van der Waals surface area contributed by atoms with E-state index in [1.165, 1.54) is 11.1 Å². The third-order valence-corrected chi connectivity index (χ3v) is 6.37. The second kappa shape index (κ2) is 9.64. The van der Waals surface area contributed by atoms with Crippen molar-refractivity contribution in [2.24, 2.45) is 5.92 Å². The third kappa shape index (κ3) is 5.19. The molecule has 6 heteroatoms. The van der Waals surface area contributed by atoms with E-state index in [1.54, 1.807) is 7.05 Å². The van der Waals surface area contributed by atoms with Crippen LogP contribution in [0.1, 0.15) is 29.5 Å². The van der Waals surface area contributed by atoms with Gasteiger partial charge in [-0.05, 0) is 74.0 Å². The van der Waals surface area contributed by atoms with Gasteiger partial charge in [0, 0.05) is 19.3 Å². The summed E-state index contributed by atoms with van der Waals surface area (Å²) >= 11 is 12.5. The average Bonchev–Trinajstić information content (AvgIpc) is 2.69. The number of urea groups is 1. The SMILES string of the molecule is CNC(=O)Nc1cccc(C)c1CN1CCC(Cc2cccc(Cl)c2Cl)CC1. The number of aryl methyl sites for hydroxylation is 1. The number of halogens is 2. The number of benzene rings is 2. The quantitative estimate of drug-likeness (QED) is 0.670. The molecular formula is C22H27Cl2N3O. The van der Waals surface area contributed by atoms with Gasteiger partial charge in [0.25, 0.3) is 0 Å². The van der Waals surface area contributed by atoms with Crippen LogP contribution >= 0.6 is 23.2 Å². The Morgan fingerprint density at radius 1 is 1.14 bits per heavy atom. The third-order valence-electron chi connectivity index (χ3n) is 5.51. The van der Waals surface area contributed by atoms with Crippen molar-refractivity contribution in [3.63, 3.8) is 0 Å². The van der Waals surface area contributed by atoms with Gasteiger partial charge in [-0.15, -0.1) is 0 Å². The molecule has 150 valence electrons. The lowest BCUT2D eigenvalue weighted by Gasteiger charge is -2.33. The van der Waals surface area contributed by atoms with E-state index < -0.39 is 0 Å². The number of amides is 2. The lowest BCUT2D eigenvalue weighted by molar-refractivity contribution is 0.177. The van der Waals surface area contributed by atoms with Crippen molar-refractivity contribution in [1.29, 1.82) is 0 Å². The number of hydrogen-bond acceptors (Lipinski definition) is 2. The molecule has 0 bridgehead atoms. The summed E-state index contributed by atoms with van der Waals surface area (Å²) < 4.78 is 0. The first kappa shape index (κ1) is 21.0. The Labute approximate surface area is 177 Å². The maximum Gasteiger partial charge on any atom is 0.318 e. The topological polar surface area (TPSA) is 44.4 Å². The first-order valence-corrected chi connectivity index (χ1v) is 10.5. The largest absolute Gasteiger partial charge is 0.341 e. The smallest absolute Gasteiger partial charge is 0.318 e. The van der Waals surface area contributed by atoms with E-state index in [9.17, 15) is 4.79 Å². The summed E-state index contributed by atoms with van der Waals surface area (Å²) in [4.78, 5) is 14.2. The Bertz CT molecular complexity index is 833. The number of anilines is 1. The van der Waals surface area contributed by atoms with E-state index in [0.717, 1.165) is 50.1 Å². The van der Waals surface area contributed by atoms with E-state index in [0.29, 0.717) is 16.0 Å². The fourth-order valence-electron chi connectivity index (χ4n) is 3.80. The maximum atomic E-state index is 11.7. The Morgan fingerprint density at radius 2 is 1.86 bits per heavy atom. The summed E-state index contributed by atoms with van der Waals surface area (Å²) in [6.07, 6.45) is 3.24. The van der Waals surface area contributed by atoms with Crippen LogP contribution in [0.5, 0.6) is 0 Å². The van der Waals surface area contributed by atoms with Crippen molar-refractivity contribution in [3.8, 4) is 0 Å². The van der Waals surface area contributed by atoms with Gasteiger partial charge in [0.05, 0.1) is 10.0 Å². The highest BCUT2D eigenvalue weighted by molar-refractivity contribution is 6.42. The number of likely N-dealkylation sites (tertiary alicyclic amines) is 1. The molecule has 2 N–H and O–H groups in total. The molecule has 0 radical (unpaired) electrons. The van der Waals surface area contributed by atoms with E-state index in [4.69, 9.17) is 23.2 Å². The molecule has 2 aromatic carbocycles. The van der Waals surface area contributed by atoms with Crippen molar-refractivity contribution in [2.45, 2.75) is 32.7 Å². The zero-order valence-corrected chi connectivity index (χ0v) is 17.9. The predicted molar refractivity (Wildman–Crippen MR) is 117 cm³/mol. The summed E-state index contributed by atoms with van der Waals surface area (Å²) in [5.74, 6) is 0.618. The Balaban J connectivity index is 1.60. The van der Waals surface area contributed by atoms with Gasteiger partial charge in [0.1, 0.15) is 0 Å². The molecule has 1 saturated heterocycles. The van der Waals surface area contributed by atoms with Gasteiger partial charge in [-0.3, -0.25) is 4.90 Å². The number of carbonyl (C=O) groups excluding carboxylic acids is 1. The van der Waals surface area contributed by atoms with E-state index >= 15 is 0 Å². The zero-order chi connectivity index (χ0) is 20.1. The first-order valence-electron chi connectivity index (χ1n) is 9.70. The van der Waals surface area contributed by atoms with Crippen molar-refractivity contribution >= 4 is 34.9 Å². The minimum atomic E-state index is -0.191. The molecule has 28 heavy (non-hydrogen) atoms. The molecule has 0 saturated carbocycles. The van der Waals surface area contributed by atoms with Crippen LogP contribution in [0.2, 0.25) is 10.0 Å². The number of nitrogens with one attached hydrogen (secondary N) is 2. The minimum Gasteiger partial charge on any atom is -0.341 e. The minimum absolute atomic E-state index is 0.191. The summed E-state index contributed by atoms with van der Waals surface area (Å²) in [6, 6.07) is 11.7. The van der Waals surface area contributed by atoms with Crippen LogP contribution in [-0.2, 0) is 13.0 Å². The van der Waals surface area contributed by atoms with Crippen LogP contribution in [0.3, 0.4) is 0 Å². The van der Waals surface area contributed by atoms with E-state index in [-0.39, 0.29) is 6.03 Å². The van der Waals surface area contributed by atoms with Crippen LogP contribution in [0.15, 0.2) is 36.4 Å². The molecule has 0 aromatic heterocycles. The molecule has 1 aliphatic rings. The molecular weight excluding hydrogens is 393 g/mol. The van der Waals surface area contributed by atoms with Gasteiger partial charge in [-0.2, -0.15) is 0 Å². The molecule has 1 aliphatic heterocycles. The standard InChI is InChI=1S/C22H27Cl2N3O/c1-15-5-3-8-20(26-22(28)25-2)18(15)14-27-11-9-16(10-12-27)13-17-6-4-7-19(23)21(17)24/h3-8,16H,9-14H2,1-2H3,(H2,25,26,28). The molecule has 2 amide bonds. The highest BCUT2D eigenvalue weighted by Gasteiger charge is 2.22. The number of hydrogen-bond donors (Lipinski definition) is 2. The van der Waals surface area contributed by atoms with Crippen LogP contribution in [0.25, 0.3) is 0 Å². The van der Waals surface area contributed by atoms with Gasteiger partial charge in [0.15, 0.2) is 0 Å². The Morgan fingerprint density at radius 3 is 2.57 bits per heavy atom. The molecule has 4 nitrogen and oxygen atoms in total. The van der Waals surface area contributed by atoms with Gasteiger partial charge < -0.3 is 10.6 Å². The molecule has 1 heterocycles. The summed E-state index contributed by atoms with van der Waals surface area (Å²) in [5.41, 5.74) is 4.40.